The molecule has 0 radical (unpaired) electrons. The molecule has 2 aromatic carbocycles. The van der Waals surface area contributed by atoms with Gasteiger partial charge in [-0.15, -0.1) is 0 Å². The fourth-order valence-electron chi connectivity index (χ4n) is 2.70. The van der Waals surface area contributed by atoms with Gasteiger partial charge in [0.25, 0.3) is 0 Å². The Morgan fingerprint density at radius 1 is 0.960 bits per heavy atom. The van der Waals surface area contributed by atoms with Crippen molar-refractivity contribution in [2.24, 2.45) is 0 Å². The van der Waals surface area contributed by atoms with Crippen molar-refractivity contribution >= 4 is 17.6 Å². The van der Waals surface area contributed by atoms with Crippen LogP contribution in [0.25, 0.3) is 22.5 Å². The lowest BCUT2D eigenvalue weighted by Gasteiger charge is -2.09. The van der Waals surface area contributed by atoms with Crippen LogP contribution in [0.5, 0.6) is 0 Å². The maximum absolute atomic E-state index is 11.5. The van der Waals surface area contributed by atoms with Crippen molar-refractivity contribution in [3.63, 3.8) is 0 Å². The average molecular weight is 352 g/mol. The SMILES string of the molecule is CCCc1ccc(-c2cc(C(=O)O)cc(-c3ccc(Cl)cc3)n2)cc1. The van der Waals surface area contributed by atoms with Gasteiger partial charge in [-0.25, -0.2) is 9.78 Å². The van der Waals surface area contributed by atoms with E-state index < -0.39 is 5.97 Å². The van der Waals surface area contributed by atoms with Crippen molar-refractivity contribution in [2.75, 3.05) is 0 Å². The van der Waals surface area contributed by atoms with Crippen LogP contribution >= 0.6 is 11.6 Å². The van der Waals surface area contributed by atoms with Crippen LogP contribution in [-0.2, 0) is 6.42 Å². The normalized spacial score (nSPS) is 10.6. The van der Waals surface area contributed by atoms with Crippen LogP contribution in [-0.4, -0.2) is 16.1 Å². The summed E-state index contributed by atoms with van der Waals surface area (Å²) in [5, 5.41) is 10.1. The van der Waals surface area contributed by atoms with Gasteiger partial charge < -0.3 is 5.11 Å². The number of carboxylic acids is 1. The first-order valence-corrected chi connectivity index (χ1v) is 8.55. The summed E-state index contributed by atoms with van der Waals surface area (Å²) < 4.78 is 0. The van der Waals surface area contributed by atoms with Gasteiger partial charge >= 0.3 is 5.97 Å². The van der Waals surface area contributed by atoms with Crippen molar-refractivity contribution in [3.8, 4) is 22.5 Å². The van der Waals surface area contributed by atoms with Gasteiger partial charge in [0.2, 0.25) is 0 Å². The van der Waals surface area contributed by atoms with Gasteiger partial charge in [0.15, 0.2) is 0 Å². The van der Waals surface area contributed by atoms with E-state index in [1.165, 1.54) is 5.56 Å². The molecule has 0 saturated carbocycles. The molecule has 4 heteroatoms. The van der Waals surface area contributed by atoms with Crippen molar-refractivity contribution in [2.45, 2.75) is 19.8 Å². The highest BCUT2D eigenvalue weighted by Gasteiger charge is 2.11. The minimum absolute atomic E-state index is 0.215. The highest BCUT2D eigenvalue weighted by atomic mass is 35.5. The van der Waals surface area contributed by atoms with E-state index in [1.54, 1.807) is 24.3 Å². The van der Waals surface area contributed by atoms with Crippen LogP contribution < -0.4 is 0 Å². The van der Waals surface area contributed by atoms with Crippen LogP contribution in [0.4, 0.5) is 0 Å². The average Bonchev–Trinajstić information content (AvgIpc) is 2.63. The third kappa shape index (κ3) is 4.06. The van der Waals surface area contributed by atoms with Gasteiger partial charge in [-0.1, -0.05) is 61.3 Å². The summed E-state index contributed by atoms with van der Waals surface area (Å²) in [4.78, 5) is 16.2. The lowest BCUT2D eigenvalue weighted by atomic mass is 10.0. The first-order chi connectivity index (χ1) is 12.1. The molecule has 3 nitrogen and oxygen atoms in total. The number of carbonyl (C=O) groups is 1. The molecule has 0 aliphatic carbocycles. The molecule has 1 aromatic heterocycles. The van der Waals surface area contributed by atoms with Crippen LogP contribution in [0.3, 0.4) is 0 Å². The highest BCUT2D eigenvalue weighted by molar-refractivity contribution is 6.30. The number of hydrogen-bond donors (Lipinski definition) is 1. The molecule has 0 aliphatic rings. The Morgan fingerprint density at radius 2 is 1.48 bits per heavy atom. The Hall–Kier alpha value is -2.65. The summed E-state index contributed by atoms with van der Waals surface area (Å²) in [7, 11) is 0. The molecule has 0 fully saturated rings. The molecular weight excluding hydrogens is 334 g/mol. The Kier molecular flexibility index (Phi) is 5.15. The summed E-state index contributed by atoms with van der Waals surface area (Å²) in [6.07, 6.45) is 2.12. The number of aryl methyl sites for hydroxylation is 1. The number of nitrogens with zero attached hydrogens (tertiary/aromatic N) is 1. The van der Waals surface area contributed by atoms with Crippen molar-refractivity contribution in [3.05, 3.63) is 76.8 Å². The monoisotopic (exact) mass is 351 g/mol. The van der Waals surface area contributed by atoms with Crippen LogP contribution in [0.1, 0.15) is 29.3 Å². The summed E-state index contributed by atoms with van der Waals surface area (Å²) in [6.45, 7) is 2.14. The predicted molar refractivity (Wildman–Crippen MR) is 101 cm³/mol. The number of hydrogen-bond acceptors (Lipinski definition) is 2. The van der Waals surface area contributed by atoms with E-state index in [4.69, 9.17) is 11.6 Å². The zero-order valence-electron chi connectivity index (χ0n) is 13.9. The van der Waals surface area contributed by atoms with Gasteiger partial charge in [0.05, 0.1) is 17.0 Å². The topological polar surface area (TPSA) is 50.2 Å². The fraction of sp³-hybridized carbons (Fsp3) is 0.143. The second-order valence-corrected chi connectivity index (χ2v) is 6.32. The molecule has 3 rings (SSSR count). The lowest BCUT2D eigenvalue weighted by molar-refractivity contribution is 0.0697. The Morgan fingerprint density at radius 3 is 1.96 bits per heavy atom. The maximum Gasteiger partial charge on any atom is 0.335 e. The first-order valence-electron chi connectivity index (χ1n) is 8.17. The van der Waals surface area contributed by atoms with Gasteiger partial charge in [-0.2, -0.15) is 0 Å². The minimum atomic E-state index is -0.971. The molecule has 0 spiro atoms. The quantitative estimate of drug-likeness (QED) is 0.639. The number of halogens is 1. The first kappa shape index (κ1) is 17.2. The molecule has 0 unspecified atom stereocenters. The number of aromatic carboxylic acids is 1. The third-order valence-electron chi connectivity index (χ3n) is 4.00. The minimum Gasteiger partial charge on any atom is -0.478 e. The van der Waals surface area contributed by atoms with Crippen molar-refractivity contribution in [1.82, 2.24) is 4.98 Å². The van der Waals surface area contributed by atoms with E-state index in [2.05, 4.69) is 24.0 Å². The Bertz CT molecular complexity index is 887. The molecule has 1 heterocycles. The number of aromatic nitrogens is 1. The number of rotatable bonds is 5. The molecular formula is C21H18ClNO2. The van der Waals surface area contributed by atoms with Crippen LogP contribution in [0.2, 0.25) is 5.02 Å². The van der Waals surface area contributed by atoms with Crippen molar-refractivity contribution in [1.29, 1.82) is 0 Å². The Balaban J connectivity index is 2.06. The number of pyridine rings is 1. The molecule has 0 atom stereocenters. The van der Waals surface area contributed by atoms with Crippen LogP contribution in [0, 0.1) is 0 Å². The number of benzene rings is 2. The van der Waals surface area contributed by atoms with E-state index in [-0.39, 0.29) is 5.56 Å². The molecule has 126 valence electrons. The summed E-state index contributed by atoms with van der Waals surface area (Å²) in [6, 6.07) is 18.5. The largest absolute Gasteiger partial charge is 0.478 e. The molecule has 0 saturated heterocycles. The Labute approximate surface area is 151 Å². The predicted octanol–water partition coefficient (Wildman–Crippen LogP) is 5.72. The zero-order chi connectivity index (χ0) is 17.8. The van der Waals surface area contributed by atoms with E-state index in [0.717, 1.165) is 24.0 Å². The fourth-order valence-corrected chi connectivity index (χ4v) is 2.83. The maximum atomic E-state index is 11.5. The van der Waals surface area contributed by atoms with Gasteiger partial charge in [-0.05, 0) is 36.2 Å². The molecule has 1 N–H and O–H groups in total. The van der Waals surface area contributed by atoms with Gasteiger partial charge in [0, 0.05) is 16.1 Å². The summed E-state index contributed by atoms with van der Waals surface area (Å²) in [5.41, 5.74) is 4.47. The van der Waals surface area contributed by atoms with Crippen LogP contribution in [0.15, 0.2) is 60.7 Å². The lowest BCUT2D eigenvalue weighted by Crippen LogP contribution is -2.00. The molecule has 0 amide bonds. The van der Waals surface area contributed by atoms with E-state index >= 15 is 0 Å². The molecule has 3 aromatic rings. The standard InChI is InChI=1S/C21H18ClNO2/c1-2-3-14-4-6-15(7-5-14)19-12-17(21(24)25)13-20(23-19)16-8-10-18(22)11-9-16/h4-13H,2-3H2,1H3,(H,24,25). The van der Waals surface area contributed by atoms with Gasteiger partial charge in [-0.3, -0.25) is 0 Å². The van der Waals surface area contributed by atoms with Gasteiger partial charge in [0.1, 0.15) is 0 Å². The smallest absolute Gasteiger partial charge is 0.335 e. The molecule has 0 aliphatic heterocycles. The molecule has 0 bridgehead atoms. The van der Waals surface area contributed by atoms with Crippen molar-refractivity contribution < 1.29 is 9.90 Å². The van der Waals surface area contributed by atoms with E-state index in [9.17, 15) is 9.90 Å². The summed E-state index contributed by atoms with van der Waals surface area (Å²) >= 11 is 5.93. The second kappa shape index (κ2) is 7.49. The second-order valence-electron chi connectivity index (χ2n) is 5.89. The van der Waals surface area contributed by atoms with E-state index in [1.807, 2.05) is 24.3 Å². The zero-order valence-corrected chi connectivity index (χ0v) is 14.6. The number of carboxylic acid groups (broad SMARTS) is 1. The van der Waals surface area contributed by atoms with E-state index in [0.29, 0.717) is 16.4 Å². The highest BCUT2D eigenvalue weighted by Crippen LogP contribution is 2.26. The third-order valence-corrected chi connectivity index (χ3v) is 4.25. The molecule has 25 heavy (non-hydrogen) atoms. The summed E-state index contributed by atoms with van der Waals surface area (Å²) in [5.74, 6) is -0.971.